The molecule has 0 spiro atoms. The van der Waals surface area contributed by atoms with Crippen molar-refractivity contribution in [3.63, 3.8) is 0 Å². The minimum atomic E-state index is -1.24. The zero-order chi connectivity index (χ0) is 36.8. The number of non-ortho nitro benzene ring substituents is 1. The van der Waals surface area contributed by atoms with Crippen LogP contribution in [0, 0.1) is 17.0 Å². The zero-order valence-corrected chi connectivity index (χ0v) is 28.4. The number of hydrogen-bond acceptors (Lipinski definition) is 11. The molecular formula is C38H35N3O11. The van der Waals surface area contributed by atoms with Gasteiger partial charge in [-0.2, -0.15) is 0 Å². The van der Waals surface area contributed by atoms with Crippen molar-refractivity contribution in [2.75, 3.05) is 20.8 Å². The number of aryl methyl sites for hydroxylation is 1. The van der Waals surface area contributed by atoms with Crippen LogP contribution in [0.1, 0.15) is 34.9 Å². The second-order valence-corrected chi connectivity index (χ2v) is 11.9. The van der Waals surface area contributed by atoms with E-state index in [9.17, 15) is 24.5 Å². The molecule has 5 aromatic rings. The van der Waals surface area contributed by atoms with Gasteiger partial charge >= 0.3 is 11.8 Å². The summed E-state index contributed by atoms with van der Waals surface area (Å²) >= 11 is 0. The molecule has 14 nitrogen and oxygen atoms in total. The lowest BCUT2D eigenvalue weighted by atomic mass is 9.80. The van der Waals surface area contributed by atoms with Crippen LogP contribution in [0.3, 0.4) is 0 Å². The molecule has 3 atom stereocenters. The first-order chi connectivity index (χ1) is 25.1. The number of hydrogen-bond donors (Lipinski definition) is 1. The third-order valence-electron chi connectivity index (χ3n) is 8.77. The number of nitrogens with one attached hydrogen (secondary N) is 1. The molecule has 1 unspecified atom stereocenters. The summed E-state index contributed by atoms with van der Waals surface area (Å²) in [5.74, 6) is 1.31. The van der Waals surface area contributed by atoms with Crippen LogP contribution < -0.4 is 25.5 Å². The van der Waals surface area contributed by atoms with Crippen molar-refractivity contribution >= 4 is 11.8 Å². The van der Waals surface area contributed by atoms with Crippen molar-refractivity contribution in [2.45, 2.75) is 37.4 Å². The Labute approximate surface area is 297 Å². The number of carbonyl (C=O) groups is 1. The topological polar surface area (TPSA) is 170 Å². The molecule has 52 heavy (non-hydrogen) atoms. The van der Waals surface area contributed by atoms with Gasteiger partial charge in [0.25, 0.3) is 11.2 Å². The summed E-state index contributed by atoms with van der Waals surface area (Å²) in [5.41, 5.74) is -0.0981. The van der Waals surface area contributed by atoms with Crippen molar-refractivity contribution in [1.82, 2.24) is 9.55 Å². The van der Waals surface area contributed by atoms with Gasteiger partial charge in [0, 0.05) is 30.3 Å². The molecule has 0 bridgehead atoms. The van der Waals surface area contributed by atoms with Gasteiger partial charge in [-0.05, 0) is 60.0 Å². The van der Waals surface area contributed by atoms with Crippen LogP contribution in [0.25, 0.3) is 0 Å². The van der Waals surface area contributed by atoms with Gasteiger partial charge < -0.3 is 28.4 Å². The van der Waals surface area contributed by atoms with Crippen molar-refractivity contribution in [3.8, 4) is 17.2 Å². The number of nitro benzene ring substituents is 1. The minimum Gasteiger partial charge on any atom is -0.497 e. The van der Waals surface area contributed by atoms with E-state index in [2.05, 4.69) is 4.98 Å². The van der Waals surface area contributed by atoms with E-state index < -0.39 is 46.4 Å². The number of methoxy groups -OCH3 is 2. The van der Waals surface area contributed by atoms with E-state index in [0.29, 0.717) is 11.5 Å². The van der Waals surface area contributed by atoms with Gasteiger partial charge in [-0.15, -0.1) is 0 Å². The molecule has 1 aromatic heterocycles. The average molecular weight is 710 g/mol. The number of nitrogens with zero attached hydrogens (tertiary/aromatic N) is 2. The van der Waals surface area contributed by atoms with Gasteiger partial charge in [0.2, 0.25) is 0 Å². The third kappa shape index (κ3) is 7.43. The largest absolute Gasteiger partial charge is 0.514 e. The monoisotopic (exact) mass is 709 g/mol. The third-order valence-corrected chi connectivity index (χ3v) is 8.77. The normalized spacial score (nSPS) is 16.9. The van der Waals surface area contributed by atoms with Crippen LogP contribution in [0.5, 0.6) is 17.2 Å². The number of aromatic amines is 1. The van der Waals surface area contributed by atoms with E-state index in [4.69, 9.17) is 28.4 Å². The van der Waals surface area contributed by atoms with Gasteiger partial charge in [-0.1, -0.05) is 54.6 Å². The average Bonchev–Trinajstić information content (AvgIpc) is 3.56. The fourth-order valence-electron chi connectivity index (χ4n) is 6.11. The molecule has 0 radical (unpaired) electrons. The number of rotatable bonds is 12. The molecule has 14 heteroatoms. The lowest BCUT2D eigenvalue weighted by Crippen LogP contribution is -2.39. The van der Waals surface area contributed by atoms with Crippen molar-refractivity contribution in [2.24, 2.45) is 0 Å². The lowest BCUT2D eigenvalue weighted by molar-refractivity contribution is -0.384. The van der Waals surface area contributed by atoms with Crippen LogP contribution >= 0.6 is 0 Å². The van der Waals surface area contributed by atoms with E-state index in [0.717, 1.165) is 16.7 Å². The summed E-state index contributed by atoms with van der Waals surface area (Å²) < 4.78 is 36.6. The summed E-state index contributed by atoms with van der Waals surface area (Å²) in [5, 5.41) is 11.1. The first-order valence-electron chi connectivity index (χ1n) is 16.2. The lowest BCUT2D eigenvalue weighted by Gasteiger charge is -2.37. The van der Waals surface area contributed by atoms with Crippen molar-refractivity contribution in [3.05, 3.63) is 163 Å². The summed E-state index contributed by atoms with van der Waals surface area (Å²) in [6.45, 7) is 1.40. The Morgan fingerprint density at radius 3 is 1.98 bits per heavy atom. The van der Waals surface area contributed by atoms with Gasteiger partial charge in [-0.3, -0.25) is 24.5 Å². The Morgan fingerprint density at radius 2 is 1.42 bits per heavy atom. The standard InChI is InChI=1S/C38H35N3O11/c1-24-22-40(36(43)39-35(24)42)34-21-32(52-37(44)50-31-19-13-28(14-20-31)41(45)46)33(51-34)23-49-38(25-7-5-4-6-8-25,26-9-15-29(47-2)16-10-26)27-11-17-30(48-3)18-12-27/h4-20,22,32-34H,21,23H2,1-3H3,(H,39,42,43)/t32?,33-,34-/m1/s1. The summed E-state index contributed by atoms with van der Waals surface area (Å²) in [7, 11) is 3.16. The van der Waals surface area contributed by atoms with Crippen LogP contribution in [-0.4, -0.2) is 53.7 Å². The Morgan fingerprint density at radius 1 is 0.865 bits per heavy atom. The molecule has 4 aromatic carbocycles. The predicted molar refractivity (Wildman–Crippen MR) is 187 cm³/mol. The number of aromatic nitrogens is 2. The second kappa shape index (κ2) is 15.3. The van der Waals surface area contributed by atoms with E-state index in [1.165, 1.54) is 35.0 Å². The maximum absolute atomic E-state index is 13.1. The Bertz CT molecular complexity index is 2080. The zero-order valence-electron chi connectivity index (χ0n) is 28.4. The highest BCUT2D eigenvalue weighted by atomic mass is 16.7. The molecule has 0 saturated carbocycles. The van der Waals surface area contributed by atoms with Gasteiger partial charge in [0.1, 0.15) is 41.3 Å². The highest BCUT2D eigenvalue weighted by molar-refractivity contribution is 5.64. The fraction of sp³-hybridized carbons (Fsp3) is 0.237. The number of H-pyrrole nitrogens is 1. The highest BCUT2D eigenvalue weighted by Crippen LogP contribution is 2.43. The summed E-state index contributed by atoms with van der Waals surface area (Å²) in [4.78, 5) is 50.9. The second-order valence-electron chi connectivity index (χ2n) is 11.9. The molecule has 6 rings (SSSR count). The molecule has 0 amide bonds. The molecule has 1 aliphatic heterocycles. The van der Waals surface area contributed by atoms with Crippen molar-refractivity contribution < 1.29 is 38.1 Å². The number of carbonyl (C=O) groups excluding carboxylic acids is 1. The van der Waals surface area contributed by atoms with Crippen molar-refractivity contribution in [1.29, 1.82) is 0 Å². The molecule has 268 valence electrons. The van der Waals surface area contributed by atoms with E-state index in [1.807, 2.05) is 78.9 Å². The fourth-order valence-corrected chi connectivity index (χ4v) is 6.11. The van der Waals surface area contributed by atoms with E-state index >= 15 is 0 Å². The molecule has 2 heterocycles. The molecule has 1 N–H and O–H groups in total. The Balaban J connectivity index is 1.37. The molecule has 1 aliphatic rings. The SMILES string of the molecule is COc1ccc(C(OC[C@H]2O[C@@H](n3cc(C)c(=O)[nH]c3=O)CC2OC(=O)Oc2ccc([N+](=O)[O-])cc2)(c2ccccc2)c2ccc(OC)cc2)cc1. The van der Waals surface area contributed by atoms with Gasteiger partial charge in [-0.25, -0.2) is 9.59 Å². The summed E-state index contributed by atoms with van der Waals surface area (Å²) in [6, 6.07) is 29.4. The Kier molecular flexibility index (Phi) is 10.5. The molecular weight excluding hydrogens is 674 g/mol. The number of ether oxygens (including phenoxy) is 6. The quantitative estimate of drug-likeness (QED) is 0.0558. The summed E-state index contributed by atoms with van der Waals surface area (Å²) in [6.07, 6.45) is -2.63. The number of nitro groups is 1. The Hall–Kier alpha value is -6.25. The molecule has 0 aliphatic carbocycles. The smallest absolute Gasteiger partial charge is 0.497 e. The van der Waals surface area contributed by atoms with E-state index in [-0.39, 0.29) is 30.0 Å². The van der Waals surface area contributed by atoms with Crippen LogP contribution in [0.2, 0.25) is 0 Å². The minimum absolute atomic E-state index is 0.00180. The molecule has 1 saturated heterocycles. The predicted octanol–water partition coefficient (Wildman–Crippen LogP) is 5.65. The van der Waals surface area contributed by atoms with Gasteiger partial charge in [0.15, 0.2) is 0 Å². The van der Waals surface area contributed by atoms with E-state index in [1.54, 1.807) is 21.1 Å². The molecule has 1 fully saturated rings. The first-order valence-corrected chi connectivity index (χ1v) is 16.2. The first kappa shape index (κ1) is 35.6. The highest BCUT2D eigenvalue weighted by Gasteiger charge is 2.44. The maximum atomic E-state index is 13.1. The van der Waals surface area contributed by atoms with Crippen LogP contribution in [-0.2, 0) is 19.8 Å². The van der Waals surface area contributed by atoms with Crippen LogP contribution in [0.15, 0.2) is 119 Å². The van der Waals surface area contributed by atoms with Crippen LogP contribution in [0.4, 0.5) is 10.5 Å². The maximum Gasteiger partial charge on any atom is 0.514 e. The number of benzene rings is 4. The van der Waals surface area contributed by atoms with Gasteiger partial charge in [0.05, 0.1) is 25.7 Å².